The molecule has 4 aromatic rings. The highest BCUT2D eigenvalue weighted by Gasteiger charge is 2.10. The van der Waals surface area contributed by atoms with E-state index >= 15 is 0 Å². The predicted molar refractivity (Wildman–Crippen MR) is 119 cm³/mol. The first-order chi connectivity index (χ1) is 15.1. The third-order valence-corrected chi connectivity index (χ3v) is 4.95. The number of hydrogen-bond acceptors (Lipinski definition) is 7. The zero-order chi connectivity index (χ0) is 21.8. The zero-order valence-corrected chi connectivity index (χ0v) is 17.7. The lowest BCUT2D eigenvalue weighted by molar-refractivity contribution is 0.354. The number of ether oxygens (including phenoxy) is 2. The summed E-state index contributed by atoms with van der Waals surface area (Å²) in [7, 11) is 3.18. The van der Waals surface area contributed by atoms with Gasteiger partial charge in [-0.05, 0) is 29.8 Å². The molecule has 0 bridgehead atoms. The number of nitrogens with zero attached hydrogens (tertiary/aromatic N) is 3. The minimum atomic E-state index is -0.257. The summed E-state index contributed by atoms with van der Waals surface area (Å²) < 4.78 is 11.9. The van der Waals surface area contributed by atoms with E-state index in [9.17, 15) is 4.79 Å². The van der Waals surface area contributed by atoms with Crippen molar-refractivity contribution >= 4 is 29.0 Å². The van der Waals surface area contributed by atoms with Gasteiger partial charge in [0.2, 0.25) is 5.95 Å². The topological polar surface area (TPSA) is 106 Å². The third kappa shape index (κ3) is 4.56. The van der Waals surface area contributed by atoms with Gasteiger partial charge in [0.05, 0.1) is 37.2 Å². The summed E-state index contributed by atoms with van der Waals surface area (Å²) in [6.07, 6.45) is 0. The minimum Gasteiger partial charge on any atom is -0.493 e. The van der Waals surface area contributed by atoms with Crippen LogP contribution in [0.3, 0.4) is 0 Å². The highest BCUT2D eigenvalue weighted by atomic mass is 35.5. The van der Waals surface area contributed by atoms with Crippen LogP contribution in [0, 0.1) is 0 Å². The molecule has 2 heterocycles. The van der Waals surface area contributed by atoms with Gasteiger partial charge in [-0.1, -0.05) is 29.8 Å². The number of methoxy groups -OCH3 is 2. The molecule has 0 saturated carbocycles. The van der Waals surface area contributed by atoms with E-state index in [1.54, 1.807) is 20.3 Å². The van der Waals surface area contributed by atoms with E-state index in [0.717, 1.165) is 11.3 Å². The zero-order valence-electron chi connectivity index (χ0n) is 17.0. The van der Waals surface area contributed by atoms with Crippen LogP contribution in [-0.4, -0.2) is 33.8 Å². The molecule has 0 fully saturated rings. The summed E-state index contributed by atoms with van der Waals surface area (Å²) in [5.74, 6) is 2.00. The summed E-state index contributed by atoms with van der Waals surface area (Å²) in [6.45, 7) is 0.812. The Morgan fingerprint density at radius 3 is 2.58 bits per heavy atom. The van der Waals surface area contributed by atoms with Crippen LogP contribution in [-0.2, 0) is 13.1 Å². The summed E-state index contributed by atoms with van der Waals surface area (Å²) in [4.78, 5) is 21.3. The van der Waals surface area contributed by atoms with Gasteiger partial charge in [-0.3, -0.25) is 9.89 Å². The van der Waals surface area contributed by atoms with Crippen LogP contribution < -0.4 is 25.7 Å². The van der Waals surface area contributed by atoms with Crippen LogP contribution in [0.4, 0.5) is 11.6 Å². The first kappa shape index (κ1) is 20.5. The van der Waals surface area contributed by atoms with Gasteiger partial charge in [0.25, 0.3) is 11.3 Å². The Balaban J connectivity index is 1.48. The highest BCUT2D eigenvalue weighted by molar-refractivity contribution is 6.33. The van der Waals surface area contributed by atoms with Crippen LogP contribution in [0.5, 0.6) is 11.5 Å². The Bertz CT molecular complexity index is 1270. The van der Waals surface area contributed by atoms with Gasteiger partial charge in [0.1, 0.15) is 0 Å². The summed E-state index contributed by atoms with van der Waals surface area (Å²) in [5.41, 5.74) is 2.03. The van der Waals surface area contributed by atoms with Gasteiger partial charge < -0.3 is 20.1 Å². The fourth-order valence-corrected chi connectivity index (χ4v) is 3.27. The number of halogens is 1. The summed E-state index contributed by atoms with van der Waals surface area (Å²) >= 11 is 6.15. The molecule has 0 spiro atoms. The van der Waals surface area contributed by atoms with Crippen molar-refractivity contribution in [3.05, 3.63) is 75.2 Å². The van der Waals surface area contributed by atoms with E-state index in [1.807, 2.05) is 36.4 Å². The summed E-state index contributed by atoms with van der Waals surface area (Å²) in [6, 6.07) is 14.5. The molecule has 0 aliphatic carbocycles. The fraction of sp³-hybridized carbons (Fsp3) is 0.190. The molecular formula is C21H21ClN6O3. The largest absolute Gasteiger partial charge is 0.493 e. The number of benzene rings is 2. The second kappa shape index (κ2) is 8.97. The molecule has 160 valence electrons. The van der Waals surface area contributed by atoms with Gasteiger partial charge in [-0.15, -0.1) is 0 Å². The highest BCUT2D eigenvalue weighted by Crippen LogP contribution is 2.27. The lowest BCUT2D eigenvalue weighted by Crippen LogP contribution is -2.17. The van der Waals surface area contributed by atoms with Crippen molar-refractivity contribution in [1.82, 2.24) is 19.6 Å². The lowest BCUT2D eigenvalue weighted by Gasteiger charge is -2.09. The lowest BCUT2D eigenvalue weighted by atomic mass is 10.2. The average molecular weight is 441 g/mol. The van der Waals surface area contributed by atoms with E-state index in [4.69, 9.17) is 21.1 Å². The Hall–Kier alpha value is -3.72. The molecule has 0 aliphatic heterocycles. The second-order valence-corrected chi connectivity index (χ2v) is 7.08. The molecule has 0 atom stereocenters. The van der Waals surface area contributed by atoms with Gasteiger partial charge >= 0.3 is 0 Å². The maximum atomic E-state index is 12.5. The van der Waals surface area contributed by atoms with Gasteiger partial charge in [-0.2, -0.15) is 9.50 Å². The number of hydrogen-bond donors (Lipinski definition) is 3. The van der Waals surface area contributed by atoms with Gasteiger partial charge in [0.15, 0.2) is 11.5 Å². The first-order valence-electron chi connectivity index (χ1n) is 9.49. The maximum absolute atomic E-state index is 12.5. The molecule has 0 amide bonds. The molecule has 3 N–H and O–H groups in total. The van der Waals surface area contributed by atoms with E-state index < -0.39 is 0 Å². The first-order valence-corrected chi connectivity index (χ1v) is 9.87. The molecule has 31 heavy (non-hydrogen) atoms. The molecule has 2 aromatic carbocycles. The Kier molecular flexibility index (Phi) is 5.94. The second-order valence-electron chi connectivity index (χ2n) is 6.67. The number of anilines is 2. The maximum Gasteiger partial charge on any atom is 0.274 e. The van der Waals surface area contributed by atoms with E-state index in [0.29, 0.717) is 41.3 Å². The number of para-hydroxylation sites is 1. The number of nitrogens with one attached hydrogen (secondary N) is 3. The minimum absolute atomic E-state index is 0.257. The number of aromatic amines is 1. The van der Waals surface area contributed by atoms with Crippen LogP contribution in [0.15, 0.2) is 53.3 Å². The molecule has 9 nitrogen and oxygen atoms in total. The van der Waals surface area contributed by atoms with Crippen molar-refractivity contribution in [3.8, 4) is 11.5 Å². The molecule has 0 radical (unpaired) electrons. The molecule has 10 heteroatoms. The van der Waals surface area contributed by atoms with Crippen molar-refractivity contribution in [2.45, 2.75) is 13.1 Å². The van der Waals surface area contributed by atoms with Crippen LogP contribution in [0.25, 0.3) is 5.78 Å². The Labute approximate surface area is 183 Å². The SMILES string of the molecule is COc1ccc(CNc2nc3nc(CNc4ccccc4Cl)cc(=O)n3[nH]2)cc1OC. The quantitative estimate of drug-likeness (QED) is 0.386. The molecule has 2 aromatic heterocycles. The normalized spacial score (nSPS) is 10.8. The molecule has 0 unspecified atom stereocenters. The monoisotopic (exact) mass is 440 g/mol. The molecule has 4 rings (SSSR count). The van der Waals surface area contributed by atoms with Crippen molar-refractivity contribution in [1.29, 1.82) is 0 Å². The predicted octanol–water partition coefficient (Wildman–Crippen LogP) is 3.31. The van der Waals surface area contributed by atoms with Crippen LogP contribution in [0.1, 0.15) is 11.3 Å². The van der Waals surface area contributed by atoms with Crippen molar-refractivity contribution in [2.24, 2.45) is 0 Å². The Morgan fingerprint density at radius 2 is 1.81 bits per heavy atom. The number of aromatic nitrogens is 4. The number of fused-ring (bicyclic) bond motifs is 1. The molecule has 0 saturated heterocycles. The van der Waals surface area contributed by atoms with E-state index in [2.05, 4.69) is 25.7 Å². The number of H-pyrrole nitrogens is 1. The average Bonchev–Trinajstić information content (AvgIpc) is 3.20. The molecule has 0 aliphatic rings. The van der Waals surface area contributed by atoms with E-state index in [-0.39, 0.29) is 11.3 Å². The van der Waals surface area contributed by atoms with Crippen LogP contribution in [0.2, 0.25) is 5.02 Å². The summed E-state index contributed by atoms with van der Waals surface area (Å²) in [5, 5.41) is 9.85. The smallest absolute Gasteiger partial charge is 0.274 e. The van der Waals surface area contributed by atoms with E-state index in [1.165, 1.54) is 10.6 Å². The van der Waals surface area contributed by atoms with Crippen molar-refractivity contribution in [3.63, 3.8) is 0 Å². The third-order valence-electron chi connectivity index (χ3n) is 4.63. The van der Waals surface area contributed by atoms with Crippen molar-refractivity contribution < 1.29 is 9.47 Å². The molecular weight excluding hydrogens is 420 g/mol. The fourth-order valence-electron chi connectivity index (χ4n) is 3.06. The van der Waals surface area contributed by atoms with Crippen LogP contribution >= 0.6 is 11.6 Å². The Morgan fingerprint density at radius 1 is 1.00 bits per heavy atom. The number of rotatable bonds is 8. The van der Waals surface area contributed by atoms with Gasteiger partial charge in [0, 0.05) is 12.6 Å². The standard InChI is InChI=1S/C21H21ClN6O3/c1-30-17-8-7-13(9-18(17)31-2)11-24-20-26-21-25-14(10-19(29)28(21)27-20)12-23-16-6-4-3-5-15(16)22/h3-10,23H,11-12H2,1-2H3,(H2,24,25,26,27). The van der Waals surface area contributed by atoms with Gasteiger partial charge in [-0.25, -0.2) is 4.98 Å². The van der Waals surface area contributed by atoms with Crippen molar-refractivity contribution in [2.75, 3.05) is 24.9 Å².